The van der Waals surface area contributed by atoms with Crippen LogP contribution in [0, 0.1) is 34.5 Å². The first-order valence-corrected chi connectivity index (χ1v) is 10.4. The molecule has 0 aromatic heterocycles. The molecule has 0 bridgehead atoms. The van der Waals surface area contributed by atoms with Crippen molar-refractivity contribution in [2.24, 2.45) is 34.5 Å². The van der Waals surface area contributed by atoms with Crippen molar-refractivity contribution in [2.75, 3.05) is 0 Å². The van der Waals surface area contributed by atoms with Crippen molar-refractivity contribution < 1.29 is 20.1 Å². The Balaban J connectivity index is 1.82. The molecule has 3 saturated carbocycles. The van der Waals surface area contributed by atoms with Gasteiger partial charge in [-0.2, -0.15) is 0 Å². The van der Waals surface area contributed by atoms with E-state index in [1.165, 1.54) is 11.1 Å². The molecule has 3 N–H and O–H groups in total. The molecule has 0 amide bonds. The number of hydrogen-bond acceptors (Lipinski definition) is 4. The minimum absolute atomic E-state index is 0.00450. The van der Waals surface area contributed by atoms with E-state index in [0.717, 1.165) is 25.7 Å². The molecule has 4 rings (SSSR count). The molecule has 0 aromatic carbocycles. The predicted molar refractivity (Wildman–Crippen MR) is 99.3 cm³/mol. The summed E-state index contributed by atoms with van der Waals surface area (Å²) in [6.45, 7) is 8.42. The molecule has 0 aromatic rings. The summed E-state index contributed by atoms with van der Waals surface area (Å²) in [6, 6.07) is 0. The topological polar surface area (TPSA) is 77.8 Å². The van der Waals surface area contributed by atoms with Gasteiger partial charge in [-0.15, -0.1) is 0 Å². The molecule has 4 aliphatic carbocycles. The molecule has 0 heterocycles. The number of carbonyl (C=O) groups excluding carboxylic acids is 1. The van der Waals surface area contributed by atoms with Gasteiger partial charge < -0.3 is 15.3 Å². The van der Waals surface area contributed by atoms with Gasteiger partial charge in [-0.3, -0.25) is 4.79 Å². The third-order valence-corrected chi connectivity index (χ3v) is 8.87. The second-order valence-electron chi connectivity index (χ2n) is 10.1. The van der Waals surface area contributed by atoms with Crippen LogP contribution in [-0.2, 0) is 4.79 Å². The van der Waals surface area contributed by atoms with Gasteiger partial charge in [0.15, 0.2) is 0 Å². The third-order valence-electron chi connectivity index (χ3n) is 8.87. The van der Waals surface area contributed by atoms with E-state index >= 15 is 0 Å². The largest absolute Gasteiger partial charge is 0.393 e. The summed E-state index contributed by atoms with van der Waals surface area (Å²) >= 11 is 0. The van der Waals surface area contributed by atoms with Crippen LogP contribution in [-0.4, -0.2) is 39.4 Å². The average Bonchev–Trinajstić information content (AvgIpc) is 2.92. The second kappa shape index (κ2) is 5.89. The van der Waals surface area contributed by atoms with E-state index < -0.39 is 12.2 Å². The first kappa shape index (κ1) is 18.6. The van der Waals surface area contributed by atoms with Crippen LogP contribution in [0.2, 0.25) is 0 Å². The van der Waals surface area contributed by atoms with Gasteiger partial charge in [0.2, 0.25) is 0 Å². The molecule has 9 atom stereocenters. The molecule has 3 fully saturated rings. The summed E-state index contributed by atoms with van der Waals surface area (Å²) in [5, 5.41) is 30.9. The normalized spacial score (nSPS) is 52.3. The molecule has 26 heavy (non-hydrogen) atoms. The van der Waals surface area contributed by atoms with Crippen molar-refractivity contribution in [3.63, 3.8) is 0 Å². The Kier molecular flexibility index (Phi) is 4.22. The number of fused-ring (bicyclic) bond motifs is 4. The molecule has 0 saturated heterocycles. The molecule has 0 aliphatic heterocycles. The van der Waals surface area contributed by atoms with Crippen LogP contribution >= 0.6 is 0 Å². The summed E-state index contributed by atoms with van der Waals surface area (Å²) in [6.07, 6.45) is 3.13. The van der Waals surface area contributed by atoms with Gasteiger partial charge in [-0.05, 0) is 68.1 Å². The molecule has 0 radical (unpaired) electrons. The minimum atomic E-state index is -0.779. The monoisotopic (exact) mass is 362 g/mol. The summed E-state index contributed by atoms with van der Waals surface area (Å²) < 4.78 is 0. The van der Waals surface area contributed by atoms with Gasteiger partial charge in [0, 0.05) is 11.8 Å². The molecule has 4 nitrogen and oxygen atoms in total. The zero-order chi connectivity index (χ0) is 19.0. The van der Waals surface area contributed by atoms with Crippen molar-refractivity contribution in [3.8, 4) is 0 Å². The smallest absolute Gasteiger partial charge is 0.143 e. The first-order chi connectivity index (χ1) is 12.1. The third kappa shape index (κ3) is 2.28. The Morgan fingerprint density at radius 1 is 1.12 bits per heavy atom. The number of allylic oxidation sites excluding steroid dienone is 2. The molecule has 0 unspecified atom stereocenters. The van der Waals surface area contributed by atoms with Crippen LogP contribution in [0.4, 0.5) is 0 Å². The van der Waals surface area contributed by atoms with E-state index in [1.807, 2.05) is 6.92 Å². The highest BCUT2D eigenvalue weighted by molar-refractivity contribution is 5.88. The number of rotatable bonds is 1. The molecule has 4 aliphatic rings. The summed E-state index contributed by atoms with van der Waals surface area (Å²) in [4.78, 5) is 13.3. The maximum absolute atomic E-state index is 13.3. The fraction of sp³-hybridized carbons (Fsp3) is 0.864. The Hall–Kier alpha value is -0.710. The van der Waals surface area contributed by atoms with E-state index in [2.05, 4.69) is 20.8 Å². The van der Waals surface area contributed by atoms with Crippen molar-refractivity contribution in [1.82, 2.24) is 0 Å². The number of Topliss-reactive ketones (excluding diaryl/α,β-unsaturated/α-hetero) is 1. The van der Waals surface area contributed by atoms with Crippen LogP contribution in [0.15, 0.2) is 11.1 Å². The molecule has 0 spiro atoms. The minimum Gasteiger partial charge on any atom is -0.393 e. The van der Waals surface area contributed by atoms with Crippen LogP contribution in [0.25, 0.3) is 0 Å². The summed E-state index contributed by atoms with van der Waals surface area (Å²) in [5.74, 6) is 0.601. The van der Waals surface area contributed by atoms with Gasteiger partial charge in [0.25, 0.3) is 0 Å². The highest BCUT2D eigenvalue weighted by Crippen LogP contribution is 2.65. The SMILES string of the molecule is C[C@@H]1C(=O)[C@@H]2C[C@@H](O)[C@@H](O)C[C@]2(C)[C@H]2CC[C@@]3(C)C(=C12)CC[C@@H]3[C@@H](C)O. The zero-order valence-electron chi connectivity index (χ0n) is 16.5. The van der Waals surface area contributed by atoms with Crippen LogP contribution in [0.5, 0.6) is 0 Å². The highest BCUT2D eigenvalue weighted by atomic mass is 16.3. The fourth-order valence-electron chi connectivity index (χ4n) is 7.45. The standard InChI is InChI=1S/C22H34O4/c1-11-19-14-6-5-13(12(2)23)21(14,3)8-7-15(19)22(4)10-18(25)17(24)9-16(22)20(11)26/h11-13,15-18,23-25H,5-10H2,1-4H3/t11-,12+,13+,15-,16-,17+,18-,21+,22+/m0/s1. The fourth-order valence-corrected chi connectivity index (χ4v) is 7.45. The highest BCUT2D eigenvalue weighted by Gasteiger charge is 2.61. The number of hydrogen-bond donors (Lipinski definition) is 3. The molecule has 146 valence electrons. The lowest BCUT2D eigenvalue weighted by molar-refractivity contribution is -0.152. The van der Waals surface area contributed by atoms with Gasteiger partial charge >= 0.3 is 0 Å². The van der Waals surface area contributed by atoms with Crippen LogP contribution in [0.1, 0.15) is 66.2 Å². The number of carbonyl (C=O) groups is 1. The molecular formula is C22H34O4. The summed E-state index contributed by atoms with van der Waals surface area (Å²) in [5.41, 5.74) is 2.51. The van der Waals surface area contributed by atoms with E-state index in [9.17, 15) is 20.1 Å². The Bertz CT molecular complexity index is 653. The van der Waals surface area contributed by atoms with Crippen molar-refractivity contribution in [3.05, 3.63) is 11.1 Å². The Labute approximate surface area is 156 Å². The van der Waals surface area contributed by atoms with Gasteiger partial charge in [-0.25, -0.2) is 0 Å². The van der Waals surface area contributed by atoms with E-state index in [0.29, 0.717) is 18.8 Å². The van der Waals surface area contributed by atoms with Crippen LogP contribution < -0.4 is 0 Å². The number of ketones is 1. The number of aliphatic hydroxyl groups excluding tert-OH is 3. The second-order valence-corrected chi connectivity index (χ2v) is 10.1. The average molecular weight is 363 g/mol. The van der Waals surface area contributed by atoms with E-state index in [-0.39, 0.29) is 40.5 Å². The van der Waals surface area contributed by atoms with E-state index in [1.54, 1.807) is 0 Å². The first-order valence-electron chi connectivity index (χ1n) is 10.4. The lowest BCUT2D eigenvalue weighted by atomic mass is 9.46. The zero-order valence-corrected chi connectivity index (χ0v) is 16.5. The quantitative estimate of drug-likeness (QED) is 0.627. The lowest BCUT2D eigenvalue weighted by Crippen LogP contribution is -2.57. The summed E-state index contributed by atoms with van der Waals surface area (Å²) in [7, 11) is 0. The van der Waals surface area contributed by atoms with Gasteiger partial charge in [-0.1, -0.05) is 31.9 Å². The number of aliphatic hydroxyl groups is 3. The van der Waals surface area contributed by atoms with Crippen molar-refractivity contribution in [1.29, 1.82) is 0 Å². The van der Waals surface area contributed by atoms with Crippen LogP contribution in [0.3, 0.4) is 0 Å². The predicted octanol–water partition coefficient (Wildman–Crippen LogP) is 2.85. The Morgan fingerprint density at radius 2 is 1.81 bits per heavy atom. The Morgan fingerprint density at radius 3 is 2.46 bits per heavy atom. The van der Waals surface area contributed by atoms with Gasteiger partial charge in [0.05, 0.1) is 18.3 Å². The van der Waals surface area contributed by atoms with Crippen molar-refractivity contribution in [2.45, 2.75) is 84.5 Å². The molecular weight excluding hydrogens is 328 g/mol. The maximum Gasteiger partial charge on any atom is 0.143 e. The van der Waals surface area contributed by atoms with Crippen molar-refractivity contribution >= 4 is 5.78 Å². The van der Waals surface area contributed by atoms with E-state index in [4.69, 9.17) is 0 Å². The molecule has 4 heteroatoms. The lowest BCUT2D eigenvalue weighted by Gasteiger charge is -2.58. The van der Waals surface area contributed by atoms with Gasteiger partial charge in [0.1, 0.15) is 5.78 Å². The maximum atomic E-state index is 13.3.